The largest absolute Gasteiger partial charge is 0.338 e. The van der Waals surface area contributed by atoms with Crippen LogP contribution in [0.4, 0.5) is 5.69 Å². The van der Waals surface area contributed by atoms with Crippen molar-refractivity contribution in [3.63, 3.8) is 0 Å². The summed E-state index contributed by atoms with van der Waals surface area (Å²) in [6.07, 6.45) is 4.23. The molecular formula is C37H39N7O2. The van der Waals surface area contributed by atoms with E-state index in [0.717, 1.165) is 66.0 Å². The number of aromatic amines is 1. The molecular weight excluding hydrogens is 574 g/mol. The predicted octanol–water partition coefficient (Wildman–Crippen LogP) is 5.55. The second kappa shape index (κ2) is 12.1. The lowest BCUT2D eigenvalue weighted by Crippen LogP contribution is -2.47. The molecule has 5 aromatic rings. The van der Waals surface area contributed by atoms with Gasteiger partial charge in [0, 0.05) is 49.2 Å². The highest BCUT2D eigenvalue weighted by atomic mass is 16.2. The van der Waals surface area contributed by atoms with Crippen LogP contribution < -0.4 is 10.6 Å². The molecule has 234 valence electrons. The molecule has 3 heterocycles. The third-order valence-corrected chi connectivity index (χ3v) is 9.61. The van der Waals surface area contributed by atoms with Crippen molar-refractivity contribution in [2.45, 2.75) is 51.6 Å². The first-order chi connectivity index (χ1) is 22.2. The number of aryl methyl sites for hydroxylation is 4. The number of nitrogens with one attached hydrogen (secondary N) is 3. The SMILES string of the molecule is Cc1n[nH]c(C)c1-c1ccc(NC(=O)[C@@H](NC(=O)c2ccnn2C)[C@@H]2CCc3ccc(-c4ccc5c(c4)CCN(C)C5)cc32)cc1. The van der Waals surface area contributed by atoms with Crippen LogP contribution in [0.3, 0.4) is 0 Å². The van der Waals surface area contributed by atoms with Crippen molar-refractivity contribution >= 4 is 17.5 Å². The van der Waals surface area contributed by atoms with Gasteiger partial charge in [0.1, 0.15) is 11.7 Å². The second-order valence-electron chi connectivity index (χ2n) is 12.7. The van der Waals surface area contributed by atoms with Gasteiger partial charge in [0.15, 0.2) is 0 Å². The number of aromatic nitrogens is 4. The Morgan fingerprint density at radius 1 is 0.891 bits per heavy atom. The Hall–Kier alpha value is -5.02. The molecule has 2 amide bonds. The summed E-state index contributed by atoms with van der Waals surface area (Å²) in [5, 5.41) is 17.7. The maximum Gasteiger partial charge on any atom is 0.270 e. The normalized spacial score (nSPS) is 16.5. The van der Waals surface area contributed by atoms with Crippen LogP contribution in [0, 0.1) is 13.8 Å². The summed E-state index contributed by atoms with van der Waals surface area (Å²) in [5.74, 6) is -0.764. The number of anilines is 1. The number of likely N-dealkylation sites (N-methyl/N-ethyl adjacent to an activating group) is 1. The first kappa shape index (κ1) is 29.7. The highest BCUT2D eigenvalue weighted by Gasteiger charge is 2.36. The van der Waals surface area contributed by atoms with Crippen molar-refractivity contribution in [1.82, 2.24) is 30.2 Å². The molecule has 0 bridgehead atoms. The molecule has 2 atom stereocenters. The summed E-state index contributed by atoms with van der Waals surface area (Å²) in [4.78, 5) is 29.9. The van der Waals surface area contributed by atoms with E-state index in [-0.39, 0.29) is 17.7 Å². The molecule has 1 aliphatic carbocycles. The molecule has 2 aliphatic rings. The third kappa shape index (κ3) is 5.63. The number of benzene rings is 3. The van der Waals surface area contributed by atoms with E-state index in [2.05, 4.69) is 74.3 Å². The molecule has 0 spiro atoms. The zero-order valence-corrected chi connectivity index (χ0v) is 26.7. The average molecular weight is 614 g/mol. The number of nitrogens with zero attached hydrogens (tertiary/aromatic N) is 4. The van der Waals surface area contributed by atoms with Crippen molar-refractivity contribution in [2.75, 3.05) is 18.9 Å². The van der Waals surface area contributed by atoms with E-state index >= 15 is 0 Å². The van der Waals surface area contributed by atoms with Gasteiger partial charge in [-0.2, -0.15) is 10.2 Å². The molecule has 0 saturated carbocycles. The van der Waals surface area contributed by atoms with Gasteiger partial charge in [-0.3, -0.25) is 19.4 Å². The fourth-order valence-corrected chi connectivity index (χ4v) is 7.11. The molecule has 2 aromatic heterocycles. The summed E-state index contributed by atoms with van der Waals surface area (Å²) in [6.45, 7) is 6.00. The lowest BCUT2D eigenvalue weighted by atomic mass is 9.89. The van der Waals surface area contributed by atoms with Gasteiger partial charge in [0.2, 0.25) is 5.91 Å². The first-order valence-electron chi connectivity index (χ1n) is 15.9. The van der Waals surface area contributed by atoms with E-state index in [1.54, 1.807) is 19.3 Å². The molecule has 7 rings (SSSR count). The van der Waals surface area contributed by atoms with Crippen LogP contribution in [0.2, 0.25) is 0 Å². The third-order valence-electron chi connectivity index (χ3n) is 9.61. The van der Waals surface area contributed by atoms with Gasteiger partial charge in [-0.05, 0) is 97.3 Å². The van der Waals surface area contributed by atoms with Crippen LogP contribution in [0.5, 0.6) is 0 Å². The molecule has 0 fully saturated rings. The zero-order chi connectivity index (χ0) is 31.9. The van der Waals surface area contributed by atoms with Crippen molar-refractivity contribution in [2.24, 2.45) is 7.05 Å². The highest BCUT2D eigenvalue weighted by Crippen LogP contribution is 2.39. The van der Waals surface area contributed by atoms with Crippen molar-refractivity contribution in [1.29, 1.82) is 0 Å². The molecule has 1 aliphatic heterocycles. The van der Waals surface area contributed by atoms with Crippen LogP contribution in [-0.2, 0) is 31.2 Å². The summed E-state index contributed by atoms with van der Waals surface area (Å²) >= 11 is 0. The van der Waals surface area contributed by atoms with Gasteiger partial charge in [-0.25, -0.2) is 0 Å². The number of rotatable bonds is 7. The van der Waals surface area contributed by atoms with E-state index in [9.17, 15) is 9.59 Å². The Morgan fingerprint density at radius 3 is 2.35 bits per heavy atom. The summed E-state index contributed by atoms with van der Waals surface area (Å²) in [5.41, 5.74) is 12.5. The average Bonchev–Trinajstić information content (AvgIpc) is 3.77. The molecule has 9 heteroatoms. The highest BCUT2D eigenvalue weighted by molar-refractivity contribution is 6.01. The smallest absolute Gasteiger partial charge is 0.270 e. The minimum absolute atomic E-state index is 0.186. The van der Waals surface area contributed by atoms with Crippen LogP contribution in [-0.4, -0.2) is 56.3 Å². The summed E-state index contributed by atoms with van der Waals surface area (Å²) in [6, 6.07) is 22.0. The number of hydrogen-bond acceptors (Lipinski definition) is 5. The minimum atomic E-state index is -0.781. The number of carbonyl (C=O) groups is 2. The number of fused-ring (bicyclic) bond motifs is 2. The second-order valence-corrected chi connectivity index (χ2v) is 12.7. The Bertz CT molecular complexity index is 1920. The standard InChI is InChI=1S/C37H39N7O2/c1-22-34(23(2)42-41-22)25-9-12-30(13-10-25)39-37(46)35(40-36(45)33-15-17-38-44(33)4)31-14-11-24-5-6-27(20-32(24)31)26-7-8-29-21-43(3)18-16-28(29)19-26/h5-10,12-13,15,17,19-20,31,35H,11,14,16,18,21H2,1-4H3,(H,39,46)(H,40,45)(H,41,42)/t31-,35+/m1/s1. The minimum Gasteiger partial charge on any atom is -0.338 e. The lowest BCUT2D eigenvalue weighted by molar-refractivity contribution is -0.118. The Labute approximate surface area is 269 Å². The van der Waals surface area contributed by atoms with E-state index in [0.29, 0.717) is 11.4 Å². The lowest BCUT2D eigenvalue weighted by Gasteiger charge is -2.26. The van der Waals surface area contributed by atoms with Gasteiger partial charge >= 0.3 is 0 Å². The van der Waals surface area contributed by atoms with E-state index in [4.69, 9.17) is 0 Å². The molecule has 0 unspecified atom stereocenters. The maximum atomic E-state index is 14.1. The van der Waals surface area contributed by atoms with E-state index in [1.807, 2.05) is 38.1 Å². The van der Waals surface area contributed by atoms with Crippen LogP contribution >= 0.6 is 0 Å². The van der Waals surface area contributed by atoms with Crippen molar-refractivity contribution in [3.8, 4) is 22.3 Å². The van der Waals surface area contributed by atoms with Gasteiger partial charge in [0.25, 0.3) is 5.91 Å². The molecule has 0 radical (unpaired) electrons. The quantitative estimate of drug-likeness (QED) is 0.223. The fourth-order valence-electron chi connectivity index (χ4n) is 7.11. The van der Waals surface area contributed by atoms with Gasteiger partial charge in [-0.1, -0.05) is 48.5 Å². The van der Waals surface area contributed by atoms with Crippen LogP contribution in [0.25, 0.3) is 22.3 Å². The zero-order valence-electron chi connectivity index (χ0n) is 26.7. The summed E-state index contributed by atoms with van der Waals surface area (Å²) in [7, 11) is 3.89. The Balaban J connectivity index is 1.18. The van der Waals surface area contributed by atoms with Crippen molar-refractivity contribution < 1.29 is 9.59 Å². The molecule has 46 heavy (non-hydrogen) atoms. The van der Waals surface area contributed by atoms with Gasteiger partial charge < -0.3 is 15.5 Å². The van der Waals surface area contributed by atoms with Crippen LogP contribution in [0.1, 0.15) is 56.5 Å². The summed E-state index contributed by atoms with van der Waals surface area (Å²) < 4.78 is 1.53. The molecule has 0 saturated heterocycles. The van der Waals surface area contributed by atoms with Gasteiger partial charge in [-0.15, -0.1) is 0 Å². The molecule has 9 nitrogen and oxygen atoms in total. The Kier molecular flexibility index (Phi) is 7.78. The first-order valence-corrected chi connectivity index (χ1v) is 15.9. The number of carbonyl (C=O) groups excluding carboxylic acids is 2. The number of amides is 2. The monoisotopic (exact) mass is 613 g/mol. The van der Waals surface area contributed by atoms with Crippen LogP contribution in [0.15, 0.2) is 72.9 Å². The predicted molar refractivity (Wildman–Crippen MR) is 180 cm³/mol. The molecule has 3 N–H and O–H groups in total. The topological polar surface area (TPSA) is 108 Å². The van der Waals surface area contributed by atoms with E-state index < -0.39 is 6.04 Å². The van der Waals surface area contributed by atoms with E-state index in [1.165, 1.54) is 26.9 Å². The number of H-pyrrole nitrogens is 1. The fraction of sp³-hybridized carbons (Fsp3) is 0.297. The maximum absolute atomic E-state index is 14.1. The van der Waals surface area contributed by atoms with Gasteiger partial charge in [0.05, 0.1) is 5.69 Å². The Morgan fingerprint density at radius 2 is 1.63 bits per heavy atom. The number of hydrogen-bond donors (Lipinski definition) is 3. The van der Waals surface area contributed by atoms with Crippen molar-refractivity contribution in [3.05, 3.63) is 112 Å². The molecule has 3 aromatic carbocycles.